The molecule has 4 nitrogen and oxygen atoms in total. The van der Waals surface area contributed by atoms with Crippen LogP contribution in [0.1, 0.15) is 20.8 Å². The van der Waals surface area contributed by atoms with Gasteiger partial charge in [0.25, 0.3) is 0 Å². The number of hydrogen-bond donors (Lipinski definition) is 0. The van der Waals surface area contributed by atoms with E-state index in [1.807, 2.05) is 44.2 Å². The summed E-state index contributed by atoms with van der Waals surface area (Å²) >= 11 is 0. The highest BCUT2D eigenvalue weighted by atomic mass is 16.5. The third-order valence-electron chi connectivity index (χ3n) is 3.45. The summed E-state index contributed by atoms with van der Waals surface area (Å²) in [5.74, 6) is -1.31. The molecule has 1 fully saturated rings. The van der Waals surface area contributed by atoms with Gasteiger partial charge in [0.1, 0.15) is 5.92 Å². The molecule has 2 rings (SSSR count). The third-order valence-corrected chi connectivity index (χ3v) is 3.45. The molecule has 1 aliphatic rings. The van der Waals surface area contributed by atoms with Gasteiger partial charge in [0.2, 0.25) is 5.91 Å². The Labute approximate surface area is 113 Å². The van der Waals surface area contributed by atoms with Crippen molar-refractivity contribution in [2.24, 2.45) is 11.3 Å². The zero-order chi connectivity index (χ0) is 14.0. The van der Waals surface area contributed by atoms with E-state index in [1.54, 1.807) is 11.8 Å². The third kappa shape index (κ3) is 2.48. The van der Waals surface area contributed by atoms with E-state index in [-0.39, 0.29) is 5.91 Å². The Balaban J connectivity index is 2.29. The second-order valence-corrected chi connectivity index (χ2v) is 5.43. The van der Waals surface area contributed by atoms with E-state index in [9.17, 15) is 9.59 Å². The minimum absolute atomic E-state index is 0.172. The molecule has 1 atom stereocenters. The molecule has 102 valence electrons. The fourth-order valence-corrected chi connectivity index (χ4v) is 2.54. The summed E-state index contributed by atoms with van der Waals surface area (Å²) in [5, 5.41) is 0. The quantitative estimate of drug-likeness (QED) is 0.619. The number of carbonyl (C=O) groups excluding carboxylic acids is 2. The van der Waals surface area contributed by atoms with Gasteiger partial charge in [-0.3, -0.25) is 9.59 Å². The van der Waals surface area contributed by atoms with Crippen molar-refractivity contribution in [3.05, 3.63) is 30.3 Å². The van der Waals surface area contributed by atoms with Crippen molar-refractivity contribution in [1.82, 2.24) is 0 Å². The summed E-state index contributed by atoms with van der Waals surface area (Å²) in [6.45, 7) is 6.42. The smallest absolute Gasteiger partial charge is 0.319 e. The molecule has 0 spiro atoms. The van der Waals surface area contributed by atoms with Crippen LogP contribution in [-0.2, 0) is 14.3 Å². The lowest BCUT2D eigenvalue weighted by Crippen LogP contribution is -2.34. The number of rotatable bonds is 3. The van der Waals surface area contributed by atoms with Gasteiger partial charge in [0, 0.05) is 17.6 Å². The number of benzene rings is 1. The number of hydrogen-bond acceptors (Lipinski definition) is 3. The lowest BCUT2D eigenvalue weighted by Gasteiger charge is -2.22. The van der Waals surface area contributed by atoms with Crippen LogP contribution in [0.4, 0.5) is 5.69 Å². The van der Waals surface area contributed by atoms with E-state index in [4.69, 9.17) is 4.74 Å². The van der Waals surface area contributed by atoms with Crippen LogP contribution >= 0.6 is 0 Å². The van der Waals surface area contributed by atoms with E-state index in [1.165, 1.54) is 0 Å². The number of ether oxygens (including phenoxy) is 1. The summed E-state index contributed by atoms with van der Waals surface area (Å²) < 4.78 is 5.03. The van der Waals surface area contributed by atoms with Crippen LogP contribution in [-0.4, -0.2) is 25.0 Å². The number of amides is 1. The molecule has 0 saturated carbocycles. The van der Waals surface area contributed by atoms with Crippen LogP contribution in [0.25, 0.3) is 0 Å². The topological polar surface area (TPSA) is 46.6 Å². The molecule has 1 aromatic carbocycles. The van der Waals surface area contributed by atoms with Crippen molar-refractivity contribution in [2.75, 3.05) is 18.1 Å². The molecule has 1 heterocycles. The maximum atomic E-state index is 12.5. The maximum Gasteiger partial charge on any atom is 0.319 e. The van der Waals surface area contributed by atoms with Gasteiger partial charge >= 0.3 is 5.97 Å². The average Bonchev–Trinajstić information content (AvgIpc) is 2.61. The minimum atomic E-state index is -0.715. The molecule has 0 aromatic heterocycles. The molecular weight excluding hydrogens is 242 g/mol. The molecule has 1 amide bonds. The van der Waals surface area contributed by atoms with Crippen molar-refractivity contribution in [3.8, 4) is 0 Å². The van der Waals surface area contributed by atoms with E-state index in [2.05, 4.69) is 0 Å². The first-order chi connectivity index (χ1) is 8.97. The standard InChI is InChI=1S/C15H19NO3/c1-4-19-14(18)12-13(17)16(10-15(12,2)3)11-8-6-5-7-9-11/h5-9,12H,4,10H2,1-3H3/t12-/m1/s1. The van der Waals surface area contributed by atoms with Gasteiger partial charge in [-0.05, 0) is 19.1 Å². The fourth-order valence-electron chi connectivity index (χ4n) is 2.54. The van der Waals surface area contributed by atoms with Crippen LogP contribution < -0.4 is 4.90 Å². The summed E-state index contributed by atoms with van der Waals surface area (Å²) in [6.07, 6.45) is 0. The second-order valence-electron chi connectivity index (χ2n) is 5.43. The highest BCUT2D eigenvalue weighted by Crippen LogP contribution is 2.39. The zero-order valence-electron chi connectivity index (χ0n) is 11.6. The Morgan fingerprint density at radius 2 is 2.00 bits per heavy atom. The number of nitrogens with zero attached hydrogens (tertiary/aromatic N) is 1. The normalized spacial score (nSPS) is 21.5. The summed E-state index contributed by atoms with van der Waals surface area (Å²) in [4.78, 5) is 26.1. The van der Waals surface area contributed by atoms with Crippen LogP contribution in [0.2, 0.25) is 0 Å². The van der Waals surface area contributed by atoms with Crippen molar-refractivity contribution in [1.29, 1.82) is 0 Å². The van der Waals surface area contributed by atoms with Crippen molar-refractivity contribution < 1.29 is 14.3 Å². The SMILES string of the molecule is CCOC(=O)[C@H]1C(=O)N(c2ccccc2)CC1(C)C. The predicted octanol–water partition coefficient (Wildman–Crippen LogP) is 2.24. The Bertz CT molecular complexity index is 481. The van der Waals surface area contributed by atoms with Gasteiger partial charge in [0.15, 0.2) is 0 Å². The predicted molar refractivity (Wildman–Crippen MR) is 72.7 cm³/mol. The van der Waals surface area contributed by atoms with Gasteiger partial charge in [-0.1, -0.05) is 32.0 Å². The van der Waals surface area contributed by atoms with Crippen LogP contribution in [0, 0.1) is 11.3 Å². The maximum absolute atomic E-state index is 12.5. The molecule has 1 aliphatic heterocycles. The van der Waals surface area contributed by atoms with Crippen molar-refractivity contribution in [2.45, 2.75) is 20.8 Å². The molecule has 19 heavy (non-hydrogen) atoms. The van der Waals surface area contributed by atoms with E-state index >= 15 is 0 Å². The molecule has 4 heteroatoms. The van der Waals surface area contributed by atoms with Gasteiger partial charge in [-0.2, -0.15) is 0 Å². The van der Waals surface area contributed by atoms with Gasteiger partial charge < -0.3 is 9.64 Å². The molecule has 0 radical (unpaired) electrons. The summed E-state index contributed by atoms with van der Waals surface area (Å²) in [6, 6.07) is 9.42. The molecule has 0 aliphatic carbocycles. The Morgan fingerprint density at radius 1 is 1.37 bits per heavy atom. The lowest BCUT2D eigenvalue weighted by atomic mass is 9.82. The number of para-hydroxylation sites is 1. The number of anilines is 1. The highest BCUT2D eigenvalue weighted by Gasteiger charge is 2.51. The first kappa shape index (κ1) is 13.6. The number of esters is 1. The zero-order valence-corrected chi connectivity index (χ0v) is 11.6. The molecule has 0 unspecified atom stereocenters. The Kier molecular flexibility index (Phi) is 3.60. The highest BCUT2D eigenvalue weighted by molar-refractivity contribution is 6.09. The summed E-state index contributed by atoms with van der Waals surface area (Å²) in [5.41, 5.74) is 0.409. The van der Waals surface area contributed by atoms with Gasteiger partial charge in [-0.15, -0.1) is 0 Å². The van der Waals surface area contributed by atoms with Crippen LogP contribution in [0.5, 0.6) is 0 Å². The molecule has 0 bridgehead atoms. The number of carbonyl (C=O) groups is 2. The van der Waals surface area contributed by atoms with Gasteiger partial charge in [-0.25, -0.2) is 0 Å². The Hall–Kier alpha value is -1.84. The van der Waals surface area contributed by atoms with Crippen molar-refractivity contribution >= 4 is 17.6 Å². The fraction of sp³-hybridized carbons (Fsp3) is 0.467. The van der Waals surface area contributed by atoms with E-state index < -0.39 is 17.3 Å². The van der Waals surface area contributed by atoms with Crippen LogP contribution in [0.15, 0.2) is 30.3 Å². The molecule has 0 N–H and O–H groups in total. The second kappa shape index (κ2) is 5.03. The molecule has 1 saturated heterocycles. The minimum Gasteiger partial charge on any atom is -0.465 e. The first-order valence-corrected chi connectivity index (χ1v) is 6.50. The lowest BCUT2D eigenvalue weighted by molar-refractivity contribution is -0.153. The average molecular weight is 261 g/mol. The first-order valence-electron chi connectivity index (χ1n) is 6.50. The molecular formula is C15H19NO3. The van der Waals surface area contributed by atoms with E-state index in [0.717, 1.165) is 5.69 Å². The summed E-state index contributed by atoms with van der Waals surface area (Å²) in [7, 11) is 0. The monoisotopic (exact) mass is 261 g/mol. The van der Waals surface area contributed by atoms with Crippen molar-refractivity contribution in [3.63, 3.8) is 0 Å². The molecule has 1 aromatic rings. The van der Waals surface area contributed by atoms with Gasteiger partial charge in [0.05, 0.1) is 6.61 Å². The van der Waals surface area contributed by atoms with E-state index in [0.29, 0.717) is 13.2 Å². The largest absolute Gasteiger partial charge is 0.465 e. The Morgan fingerprint density at radius 3 is 2.58 bits per heavy atom. The van der Waals surface area contributed by atoms with Crippen LogP contribution in [0.3, 0.4) is 0 Å².